The van der Waals surface area contributed by atoms with Gasteiger partial charge in [0.1, 0.15) is 10.6 Å². The van der Waals surface area contributed by atoms with E-state index in [-0.39, 0.29) is 4.90 Å². The van der Waals surface area contributed by atoms with Crippen LogP contribution in [-0.2, 0) is 15.6 Å². The number of fused-ring (bicyclic) bond motifs is 1. The van der Waals surface area contributed by atoms with Gasteiger partial charge in [-0.1, -0.05) is 32.3 Å². The molecule has 0 fully saturated rings. The van der Waals surface area contributed by atoms with Crippen molar-refractivity contribution in [3.63, 3.8) is 0 Å². The molecule has 2 aromatic rings. The van der Waals surface area contributed by atoms with Gasteiger partial charge in [0, 0.05) is 23.4 Å². The molecule has 1 heterocycles. The molecule has 0 radical (unpaired) electrons. The molecule has 2 rings (SSSR count). The van der Waals surface area contributed by atoms with E-state index < -0.39 is 9.05 Å². The third-order valence-electron chi connectivity index (χ3n) is 3.57. The molecule has 4 nitrogen and oxygen atoms in total. The summed E-state index contributed by atoms with van der Waals surface area (Å²) in [6, 6.07) is 5.49. The van der Waals surface area contributed by atoms with Crippen LogP contribution >= 0.6 is 10.7 Å². The van der Waals surface area contributed by atoms with E-state index in [4.69, 9.17) is 15.4 Å². The summed E-state index contributed by atoms with van der Waals surface area (Å²) in [5.41, 5.74) is 0.838. The average Bonchev–Trinajstić information content (AvgIpc) is 2.82. The second-order valence-corrected chi connectivity index (χ2v) is 7.57. The van der Waals surface area contributed by atoms with Crippen molar-refractivity contribution in [1.82, 2.24) is 4.57 Å². The van der Waals surface area contributed by atoms with Crippen LogP contribution in [0.4, 0.5) is 0 Å². The third-order valence-corrected chi connectivity index (χ3v) is 4.90. The molecule has 0 amide bonds. The number of ether oxygens (including phenoxy) is 1. The molecular formula is C15H20ClNO3S. The molecule has 0 unspecified atom stereocenters. The molecular weight excluding hydrogens is 310 g/mol. The van der Waals surface area contributed by atoms with Crippen LogP contribution in [-0.4, -0.2) is 20.1 Å². The topological polar surface area (TPSA) is 48.3 Å². The Balaban J connectivity index is 2.48. The largest absolute Gasteiger partial charge is 0.496 e. The molecule has 0 aliphatic carbocycles. The van der Waals surface area contributed by atoms with Gasteiger partial charge in [-0.15, -0.1) is 0 Å². The number of aryl methyl sites for hydroxylation is 1. The zero-order valence-electron chi connectivity index (χ0n) is 12.3. The van der Waals surface area contributed by atoms with E-state index in [0.29, 0.717) is 11.1 Å². The van der Waals surface area contributed by atoms with Crippen LogP contribution in [0.25, 0.3) is 10.9 Å². The molecule has 0 aliphatic heterocycles. The van der Waals surface area contributed by atoms with Crippen molar-refractivity contribution in [3.8, 4) is 5.75 Å². The fourth-order valence-electron chi connectivity index (χ4n) is 2.53. The minimum Gasteiger partial charge on any atom is -0.496 e. The summed E-state index contributed by atoms with van der Waals surface area (Å²) in [7, 11) is 3.29. The summed E-state index contributed by atoms with van der Waals surface area (Å²) >= 11 is 0. The molecule has 0 spiro atoms. The molecule has 0 saturated carbocycles. The van der Waals surface area contributed by atoms with E-state index in [0.717, 1.165) is 24.9 Å². The normalized spacial score (nSPS) is 12.0. The maximum Gasteiger partial charge on any atom is 0.263 e. The molecule has 6 heteroatoms. The molecule has 21 heavy (non-hydrogen) atoms. The summed E-state index contributed by atoms with van der Waals surface area (Å²) in [6.45, 7) is 2.93. The first-order chi connectivity index (χ1) is 9.99. The van der Waals surface area contributed by atoms with E-state index in [1.165, 1.54) is 20.0 Å². The van der Waals surface area contributed by atoms with Crippen LogP contribution in [0.2, 0.25) is 0 Å². The molecule has 0 N–H and O–H groups in total. The zero-order chi connectivity index (χ0) is 15.5. The summed E-state index contributed by atoms with van der Waals surface area (Å²) in [5.74, 6) is 0.527. The monoisotopic (exact) mass is 329 g/mol. The van der Waals surface area contributed by atoms with Crippen LogP contribution in [0.5, 0.6) is 5.75 Å². The van der Waals surface area contributed by atoms with Gasteiger partial charge in [-0.2, -0.15) is 0 Å². The van der Waals surface area contributed by atoms with Gasteiger partial charge in [0.15, 0.2) is 0 Å². The summed E-state index contributed by atoms with van der Waals surface area (Å²) in [5, 5.41) is 0.561. The fraction of sp³-hybridized carbons (Fsp3) is 0.467. The Kier molecular flexibility index (Phi) is 5.17. The molecule has 116 valence electrons. The highest BCUT2D eigenvalue weighted by atomic mass is 35.7. The lowest BCUT2D eigenvalue weighted by Crippen LogP contribution is -1.96. The highest BCUT2D eigenvalue weighted by Crippen LogP contribution is 2.35. The van der Waals surface area contributed by atoms with Gasteiger partial charge in [0.25, 0.3) is 9.05 Å². The number of methoxy groups -OCH3 is 1. The Labute approximate surface area is 130 Å². The molecule has 1 aromatic heterocycles. The predicted octanol–water partition coefficient (Wildman–Crippen LogP) is 4.16. The highest BCUT2D eigenvalue weighted by Gasteiger charge is 2.21. The summed E-state index contributed by atoms with van der Waals surface area (Å²) in [6.07, 6.45) is 6.10. The van der Waals surface area contributed by atoms with Crippen molar-refractivity contribution >= 4 is 30.6 Å². The van der Waals surface area contributed by atoms with E-state index in [1.54, 1.807) is 12.3 Å². The lowest BCUT2D eigenvalue weighted by atomic mass is 10.2. The lowest BCUT2D eigenvalue weighted by Gasteiger charge is -2.06. The van der Waals surface area contributed by atoms with Gasteiger partial charge in [-0.25, -0.2) is 8.42 Å². The van der Waals surface area contributed by atoms with Gasteiger partial charge in [0.05, 0.1) is 18.0 Å². The number of halogens is 1. The number of hydrogen-bond donors (Lipinski definition) is 0. The van der Waals surface area contributed by atoms with Gasteiger partial charge in [-0.3, -0.25) is 0 Å². The predicted molar refractivity (Wildman–Crippen MR) is 85.7 cm³/mol. The Morgan fingerprint density at radius 3 is 2.62 bits per heavy atom. The molecule has 1 aromatic carbocycles. The molecule has 0 bridgehead atoms. The minimum atomic E-state index is -3.81. The number of unbranched alkanes of at least 4 members (excludes halogenated alkanes) is 3. The SMILES string of the molecule is CCCCCCn1cc(S(=O)(=O)Cl)c2c(OC)cccc21. The quantitative estimate of drug-likeness (QED) is 0.566. The highest BCUT2D eigenvalue weighted by molar-refractivity contribution is 8.14. The maximum absolute atomic E-state index is 11.8. The first kappa shape index (κ1) is 16.2. The Bertz CT molecular complexity index is 722. The zero-order valence-corrected chi connectivity index (χ0v) is 13.9. The van der Waals surface area contributed by atoms with Crippen LogP contribution in [0.15, 0.2) is 29.3 Å². The summed E-state index contributed by atoms with van der Waals surface area (Å²) < 4.78 is 30.8. The number of benzene rings is 1. The van der Waals surface area contributed by atoms with Crippen LogP contribution < -0.4 is 4.74 Å². The Morgan fingerprint density at radius 1 is 1.24 bits per heavy atom. The number of aromatic nitrogens is 1. The van der Waals surface area contributed by atoms with Crippen LogP contribution in [0.3, 0.4) is 0 Å². The van der Waals surface area contributed by atoms with E-state index in [9.17, 15) is 8.42 Å². The maximum atomic E-state index is 11.8. The van der Waals surface area contributed by atoms with Crippen LogP contribution in [0, 0.1) is 0 Å². The smallest absolute Gasteiger partial charge is 0.263 e. The Hall–Kier alpha value is -1.20. The number of hydrogen-bond acceptors (Lipinski definition) is 3. The van der Waals surface area contributed by atoms with Gasteiger partial charge in [0.2, 0.25) is 0 Å². The van der Waals surface area contributed by atoms with Crippen LogP contribution in [0.1, 0.15) is 32.6 Å². The average molecular weight is 330 g/mol. The lowest BCUT2D eigenvalue weighted by molar-refractivity contribution is 0.419. The van der Waals surface area contributed by atoms with Gasteiger partial charge in [-0.05, 0) is 18.6 Å². The van der Waals surface area contributed by atoms with Crippen molar-refractivity contribution in [2.45, 2.75) is 44.0 Å². The minimum absolute atomic E-state index is 0.118. The van der Waals surface area contributed by atoms with Crippen molar-refractivity contribution in [1.29, 1.82) is 0 Å². The Morgan fingerprint density at radius 2 is 2.00 bits per heavy atom. The van der Waals surface area contributed by atoms with Crippen molar-refractivity contribution in [2.75, 3.05) is 7.11 Å². The van der Waals surface area contributed by atoms with E-state index in [1.807, 2.05) is 16.7 Å². The number of rotatable bonds is 7. The molecule has 0 aliphatic rings. The van der Waals surface area contributed by atoms with Crippen molar-refractivity contribution < 1.29 is 13.2 Å². The fourth-order valence-corrected chi connectivity index (χ4v) is 3.58. The van der Waals surface area contributed by atoms with Gasteiger partial charge >= 0.3 is 0 Å². The van der Waals surface area contributed by atoms with Crippen molar-refractivity contribution in [2.24, 2.45) is 0 Å². The second kappa shape index (κ2) is 6.71. The van der Waals surface area contributed by atoms with Crippen molar-refractivity contribution in [3.05, 3.63) is 24.4 Å². The first-order valence-corrected chi connectivity index (χ1v) is 9.40. The second-order valence-electron chi connectivity index (χ2n) is 5.04. The molecule has 0 atom stereocenters. The standard InChI is InChI=1S/C15H20ClNO3S/c1-3-4-5-6-10-17-11-14(21(16,18)19)15-12(17)8-7-9-13(15)20-2/h7-9,11H,3-6,10H2,1-2H3. The summed E-state index contributed by atoms with van der Waals surface area (Å²) in [4.78, 5) is 0.118. The van der Waals surface area contributed by atoms with E-state index in [2.05, 4.69) is 6.92 Å². The molecule has 0 saturated heterocycles. The first-order valence-electron chi connectivity index (χ1n) is 7.09. The third kappa shape index (κ3) is 3.52. The van der Waals surface area contributed by atoms with Gasteiger partial charge < -0.3 is 9.30 Å². The number of nitrogens with zero attached hydrogens (tertiary/aromatic N) is 1. The van der Waals surface area contributed by atoms with E-state index >= 15 is 0 Å².